The fraction of sp³-hybridized carbons (Fsp3) is 0.240. The van der Waals surface area contributed by atoms with Gasteiger partial charge in [-0.2, -0.15) is 0 Å². The van der Waals surface area contributed by atoms with E-state index < -0.39 is 5.60 Å². The number of hydrogen-bond donors (Lipinski definition) is 1. The van der Waals surface area contributed by atoms with Crippen molar-refractivity contribution in [1.82, 2.24) is 0 Å². The summed E-state index contributed by atoms with van der Waals surface area (Å²) in [5.41, 5.74) is 3.36. The van der Waals surface area contributed by atoms with Gasteiger partial charge in [0.2, 0.25) is 0 Å². The van der Waals surface area contributed by atoms with E-state index in [1.165, 1.54) is 6.08 Å². The van der Waals surface area contributed by atoms with Gasteiger partial charge in [-0.25, -0.2) is 0 Å². The fourth-order valence-corrected chi connectivity index (χ4v) is 3.07. The summed E-state index contributed by atoms with van der Waals surface area (Å²) in [4.78, 5) is 12.8. The van der Waals surface area contributed by atoms with Crippen molar-refractivity contribution in [3.8, 4) is 11.5 Å². The van der Waals surface area contributed by atoms with E-state index in [2.05, 4.69) is 0 Å². The Morgan fingerprint density at radius 2 is 1.89 bits per heavy atom. The molecule has 1 N–H and O–H groups in total. The monoisotopic (exact) mass is 374 g/mol. The summed E-state index contributed by atoms with van der Waals surface area (Å²) in [5.74, 6) is 0.400. The maximum absolute atomic E-state index is 12.8. The van der Waals surface area contributed by atoms with Crippen LogP contribution in [0.5, 0.6) is 11.5 Å². The molecule has 0 bridgehead atoms. The van der Waals surface area contributed by atoms with Gasteiger partial charge in [0.25, 0.3) is 0 Å². The summed E-state index contributed by atoms with van der Waals surface area (Å²) in [5, 5.41) is 10.9. The second-order valence-corrected chi connectivity index (χ2v) is 7.80. The van der Waals surface area contributed by atoms with E-state index in [0.717, 1.165) is 16.7 Å². The SMILES string of the molecule is CC(C)=CCc1c(O)c(C(=O)C=Cc2ccccc2)cc2c1OC(C)(C)C=C2. The minimum Gasteiger partial charge on any atom is -0.507 e. The van der Waals surface area contributed by atoms with E-state index in [1.807, 2.05) is 76.3 Å². The molecule has 0 fully saturated rings. The second-order valence-electron chi connectivity index (χ2n) is 7.80. The van der Waals surface area contributed by atoms with Gasteiger partial charge < -0.3 is 9.84 Å². The standard InChI is InChI=1S/C25H26O3/c1-17(2)10-12-20-23(27)21(16-19-14-15-25(3,4)28-24(19)20)22(26)13-11-18-8-6-5-7-9-18/h5-11,13-16,27H,12H2,1-4H3. The number of allylic oxidation sites excluding steroid dienone is 3. The highest BCUT2D eigenvalue weighted by molar-refractivity contribution is 6.09. The highest BCUT2D eigenvalue weighted by Crippen LogP contribution is 2.41. The Hall–Kier alpha value is -3.07. The third-order valence-electron chi connectivity index (χ3n) is 4.61. The zero-order chi connectivity index (χ0) is 20.3. The van der Waals surface area contributed by atoms with Crippen LogP contribution in [0.2, 0.25) is 0 Å². The molecular weight excluding hydrogens is 348 g/mol. The first-order chi connectivity index (χ1) is 13.3. The van der Waals surface area contributed by atoms with Crippen LogP contribution < -0.4 is 4.74 Å². The predicted molar refractivity (Wildman–Crippen MR) is 115 cm³/mol. The summed E-state index contributed by atoms with van der Waals surface area (Å²) in [6.45, 7) is 7.95. The number of hydrogen-bond acceptors (Lipinski definition) is 3. The lowest BCUT2D eigenvalue weighted by Gasteiger charge is -2.30. The third-order valence-corrected chi connectivity index (χ3v) is 4.61. The molecule has 3 heteroatoms. The molecule has 0 unspecified atom stereocenters. The molecule has 2 aromatic carbocycles. The third kappa shape index (κ3) is 4.42. The Bertz CT molecular complexity index is 973. The van der Waals surface area contributed by atoms with Crippen molar-refractivity contribution < 1.29 is 14.6 Å². The van der Waals surface area contributed by atoms with Crippen molar-refractivity contribution in [2.75, 3.05) is 0 Å². The van der Waals surface area contributed by atoms with Gasteiger partial charge in [-0.15, -0.1) is 0 Å². The van der Waals surface area contributed by atoms with Crippen molar-refractivity contribution in [3.63, 3.8) is 0 Å². The van der Waals surface area contributed by atoms with Gasteiger partial charge in [-0.1, -0.05) is 54.1 Å². The molecule has 0 saturated carbocycles. The fourth-order valence-electron chi connectivity index (χ4n) is 3.07. The summed E-state index contributed by atoms with van der Waals surface area (Å²) in [7, 11) is 0. The number of carbonyl (C=O) groups excluding carboxylic acids is 1. The molecule has 0 radical (unpaired) electrons. The number of rotatable bonds is 5. The van der Waals surface area contributed by atoms with Crippen LogP contribution in [0.1, 0.15) is 54.7 Å². The molecule has 1 aliphatic heterocycles. The van der Waals surface area contributed by atoms with Crippen molar-refractivity contribution >= 4 is 17.9 Å². The van der Waals surface area contributed by atoms with Crippen LogP contribution in [0, 0.1) is 0 Å². The molecule has 28 heavy (non-hydrogen) atoms. The molecule has 0 spiro atoms. The molecule has 1 heterocycles. The van der Waals surface area contributed by atoms with Gasteiger partial charge in [0.15, 0.2) is 5.78 Å². The number of aromatic hydroxyl groups is 1. The molecule has 0 aromatic heterocycles. The summed E-state index contributed by atoms with van der Waals surface area (Å²) in [6, 6.07) is 11.3. The van der Waals surface area contributed by atoms with E-state index in [0.29, 0.717) is 17.7 Å². The first-order valence-electron chi connectivity index (χ1n) is 9.45. The lowest BCUT2D eigenvalue weighted by atomic mass is 9.93. The number of carbonyl (C=O) groups is 1. The molecule has 144 valence electrons. The normalized spacial score (nSPS) is 14.4. The molecule has 0 amide bonds. The van der Waals surface area contributed by atoms with E-state index in [1.54, 1.807) is 12.1 Å². The minimum atomic E-state index is -0.460. The van der Waals surface area contributed by atoms with Crippen LogP contribution in [0.15, 0.2) is 60.2 Å². The summed E-state index contributed by atoms with van der Waals surface area (Å²) in [6.07, 6.45) is 9.71. The lowest BCUT2D eigenvalue weighted by Crippen LogP contribution is -2.28. The van der Waals surface area contributed by atoms with Crippen LogP contribution in [-0.4, -0.2) is 16.5 Å². The Morgan fingerprint density at radius 3 is 2.57 bits per heavy atom. The number of phenolic OH excluding ortho intramolecular Hbond substituents is 1. The van der Waals surface area contributed by atoms with Crippen molar-refractivity contribution in [3.05, 3.63) is 82.5 Å². The Balaban J connectivity index is 2.04. The molecule has 2 aromatic rings. The molecular formula is C25H26O3. The zero-order valence-corrected chi connectivity index (χ0v) is 16.8. The molecule has 0 saturated heterocycles. The Morgan fingerprint density at radius 1 is 1.18 bits per heavy atom. The Kier molecular flexibility index (Phi) is 5.55. The first-order valence-corrected chi connectivity index (χ1v) is 9.45. The average molecular weight is 374 g/mol. The Labute approximate surface area is 166 Å². The number of ketones is 1. The lowest BCUT2D eigenvalue weighted by molar-refractivity contribution is 0.104. The number of phenols is 1. The van der Waals surface area contributed by atoms with Gasteiger partial charge in [0.1, 0.15) is 17.1 Å². The smallest absolute Gasteiger partial charge is 0.189 e. The summed E-state index contributed by atoms with van der Waals surface area (Å²) < 4.78 is 6.12. The minimum absolute atomic E-state index is 0.00920. The van der Waals surface area contributed by atoms with Crippen LogP contribution in [0.3, 0.4) is 0 Å². The maximum atomic E-state index is 12.8. The first kappa shape index (κ1) is 19.7. The highest BCUT2D eigenvalue weighted by atomic mass is 16.5. The second kappa shape index (κ2) is 7.89. The number of fused-ring (bicyclic) bond motifs is 1. The molecule has 3 rings (SSSR count). The van der Waals surface area contributed by atoms with E-state index in [-0.39, 0.29) is 17.1 Å². The largest absolute Gasteiger partial charge is 0.507 e. The van der Waals surface area contributed by atoms with Crippen molar-refractivity contribution in [2.45, 2.75) is 39.7 Å². The summed E-state index contributed by atoms with van der Waals surface area (Å²) >= 11 is 0. The van der Waals surface area contributed by atoms with Gasteiger partial charge in [-0.3, -0.25) is 4.79 Å². The molecule has 0 atom stereocenters. The van der Waals surface area contributed by atoms with Crippen molar-refractivity contribution in [1.29, 1.82) is 0 Å². The van der Waals surface area contributed by atoms with E-state index in [9.17, 15) is 9.90 Å². The van der Waals surface area contributed by atoms with E-state index >= 15 is 0 Å². The topological polar surface area (TPSA) is 46.5 Å². The van der Waals surface area contributed by atoms with Crippen LogP contribution in [-0.2, 0) is 6.42 Å². The van der Waals surface area contributed by atoms with Crippen LogP contribution >= 0.6 is 0 Å². The van der Waals surface area contributed by atoms with Gasteiger partial charge >= 0.3 is 0 Å². The van der Waals surface area contributed by atoms with Crippen molar-refractivity contribution in [2.24, 2.45) is 0 Å². The zero-order valence-electron chi connectivity index (χ0n) is 16.8. The average Bonchev–Trinajstić information content (AvgIpc) is 2.65. The van der Waals surface area contributed by atoms with Crippen LogP contribution in [0.4, 0.5) is 0 Å². The number of ether oxygens (including phenoxy) is 1. The van der Waals surface area contributed by atoms with E-state index in [4.69, 9.17) is 4.74 Å². The maximum Gasteiger partial charge on any atom is 0.189 e. The van der Waals surface area contributed by atoms with Gasteiger partial charge in [0, 0.05) is 11.1 Å². The van der Waals surface area contributed by atoms with Gasteiger partial charge in [-0.05, 0) is 57.9 Å². The van der Waals surface area contributed by atoms with Crippen LogP contribution in [0.25, 0.3) is 12.2 Å². The van der Waals surface area contributed by atoms with Gasteiger partial charge in [0.05, 0.1) is 5.56 Å². The predicted octanol–water partition coefficient (Wildman–Crippen LogP) is 5.98. The molecule has 1 aliphatic rings. The molecule has 0 aliphatic carbocycles. The number of benzene rings is 2. The highest BCUT2D eigenvalue weighted by Gasteiger charge is 2.27. The molecule has 3 nitrogen and oxygen atoms in total. The quantitative estimate of drug-likeness (QED) is 0.398.